The Bertz CT molecular complexity index is 1830. The number of methoxy groups -OCH3 is 1. The zero-order chi connectivity index (χ0) is 32.9. The van der Waals surface area contributed by atoms with Crippen molar-refractivity contribution in [3.63, 3.8) is 0 Å². The molecular formula is C35H45N11O2. The summed E-state index contributed by atoms with van der Waals surface area (Å²) in [6, 6.07) is 6.79. The number of aryl methyl sites for hydroxylation is 2. The van der Waals surface area contributed by atoms with Crippen molar-refractivity contribution in [2.75, 3.05) is 81.7 Å². The third-order valence-corrected chi connectivity index (χ3v) is 10.7. The number of hydrogen-bond donors (Lipinski definition) is 2. The molecule has 13 nitrogen and oxygen atoms in total. The predicted molar refractivity (Wildman–Crippen MR) is 188 cm³/mol. The lowest BCUT2D eigenvalue weighted by atomic mass is 10.0. The lowest BCUT2D eigenvalue weighted by molar-refractivity contribution is 0.0980. The molecule has 4 saturated heterocycles. The van der Waals surface area contributed by atoms with Crippen LogP contribution in [0.15, 0.2) is 30.6 Å². The summed E-state index contributed by atoms with van der Waals surface area (Å²) in [5, 5.41) is 11.8. The smallest absolute Gasteiger partial charge is 0.206 e. The van der Waals surface area contributed by atoms with Gasteiger partial charge in [0.25, 0.3) is 0 Å². The molecule has 4 fully saturated rings. The van der Waals surface area contributed by atoms with Crippen molar-refractivity contribution in [2.24, 2.45) is 7.05 Å². The van der Waals surface area contributed by atoms with Crippen molar-refractivity contribution in [3.8, 4) is 17.0 Å². The summed E-state index contributed by atoms with van der Waals surface area (Å²) in [7, 11) is 5.99. The molecule has 0 spiro atoms. The largest absolute Gasteiger partial charge is 0.496 e. The Labute approximate surface area is 281 Å². The monoisotopic (exact) mass is 651 g/mol. The molecule has 2 N–H and O–H groups in total. The fourth-order valence-corrected chi connectivity index (χ4v) is 7.98. The van der Waals surface area contributed by atoms with Crippen LogP contribution in [0.5, 0.6) is 5.75 Å². The molecule has 48 heavy (non-hydrogen) atoms. The van der Waals surface area contributed by atoms with Gasteiger partial charge in [0.05, 0.1) is 48.3 Å². The third-order valence-electron chi connectivity index (χ3n) is 10.7. The molecule has 252 valence electrons. The Morgan fingerprint density at radius 3 is 2.54 bits per heavy atom. The first-order valence-electron chi connectivity index (χ1n) is 17.1. The Hall–Kier alpha value is -4.33. The number of pyridine rings is 3. The summed E-state index contributed by atoms with van der Waals surface area (Å²) in [5.74, 6) is 3.26. The van der Waals surface area contributed by atoms with Crippen LogP contribution in [-0.4, -0.2) is 125 Å². The van der Waals surface area contributed by atoms with E-state index < -0.39 is 0 Å². The lowest BCUT2D eigenvalue weighted by Crippen LogP contribution is -2.52. The van der Waals surface area contributed by atoms with E-state index in [1.807, 2.05) is 19.1 Å². The number of imidazole rings is 1. The molecule has 0 saturated carbocycles. The number of likely N-dealkylation sites (N-methyl/N-ethyl adjacent to an activating group) is 1. The second-order valence-corrected chi connectivity index (χ2v) is 13.6. The van der Waals surface area contributed by atoms with Gasteiger partial charge in [-0.05, 0) is 45.4 Å². The number of fused-ring (bicyclic) bond motifs is 3. The van der Waals surface area contributed by atoms with Crippen molar-refractivity contribution in [3.05, 3.63) is 41.9 Å². The highest BCUT2D eigenvalue weighted by atomic mass is 16.5. The highest BCUT2D eigenvalue weighted by Gasteiger charge is 2.41. The molecule has 4 aromatic rings. The van der Waals surface area contributed by atoms with E-state index in [2.05, 4.69) is 54.6 Å². The Morgan fingerprint density at radius 2 is 1.83 bits per heavy atom. The van der Waals surface area contributed by atoms with Gasteiger partial charge < -0.3 is 39.5 Å². The van der Waals surface area contributed by atoms with Gasteiger partial charge in [-0.15, -0.1) is 0 Å². The predicted octanol–water partition coefficient (Wildman–Crippen LogP) is 3.68. The minimum absolute atomic E-state index is 0.227. The topological polar surface area (TPSA) is 124 Å². The van der Waals surface area contributed by atoms with Crippen molar-refractivity contribution in [1.29, 1.82) is 5.41 Å². The molecule has 4 aliphatic rings. The number of hydrogen-bond acceptors (Lipinski definition) is 12. The van der Waals surface area contributed by atoms with Gasteiger partial charge in [-0.3, -0.25) is 14.9 Å². The van der Waals surface area contributed by atoms with Crippen molar-refractivity contribution in [1.82, 2.24) is 34.3 Å². The third kappa shape index (κ3) is 5.53. The zero-order valence-electron chi connectivity index (χ0n) is 28.3. The lowest BCUT2D eigenvalue weighted by Gasteiger charge is -2.42. The van der Waals surface area contributed by atoms with Crippen molar-refractivity contribution < 1.29 is 9.47 Å². The van der Waals surface area contributed by atoms with Gasteiger partial charge in [0.1, 0.15) is 17.1 Å². The van der Waals surface area contributed by atoms with Crippen LogP contribution in [0.2, 0.25) is 0 Å². The van der Waals surface area contributed by atoms with Gasteiger partial charge in [0.2, 0.25) is 5.95 Å². The number of ether oxygens (including phenoxy) is 2. The Morgan fingerprint density at radius 1 is 1.02 bits per heavy atom. The summed E-state index contributed by atoms with van der Waals surface area (Å²) in [5.41, 5.74) is 5.62. The summed E-state index contributed by atoms with van der Waals surface area (Å²) < 4.78 is 13.8. The summed E-state index contributed by atoms with van der Waals surface area (Å²) >= 11 is 0. The normalized spacial score (nSPS) is 22.2. The number of anilines is 4. The van der Waals surface area contributed by atoms with E-state index >= 15 is 0 Å². The van der Waals surface area contributed by atoms with E-state index in [0.717, 1.165) is 105 Å². The number of piperidine rings is 1. The van der Waals surface area contributed by atoms with Crippen LogP contribution in [0.1, 0.15) is 30.5 Å². The average molecular weight is 652 g/mol. The molecule has 8 rings (SSSR count). The van der Waals surface area contributed by atoms with Gasteiger partial charge >= 0.3 is 0 Å². The van der Waals surface area contributed by atoms with Crippen LogP contribution in [0.4, 0.5) is 23.3 Å². The van der Waals surface area contributed by atoms with Crippen LogP contribution in [-0.2, 0) is 11.8 Å². The van der Waals surface area contributed by atoms with Crippen LogP contribution < -0.4 is 19.9 Å². The van der Waals surface area contributed by atoms with E-state index in [1.165, 1.54) is 6.21 Å². The van der Waals surface area contributed by atoms with Crippen LogP contribution in [0.25, 0.3) is 22.3 Å². The van der Waals surface area contributed by atoms with E-state index in [4.69, 9.17) is 29.8 Å². The van der Waals surface area contributed by atoms with Gasteiger partial charge in [0.15, 0.2) is 5.82 Å². The Balaban J connectivity index is 1.15. The summed E-state index contributed by atoms with van der Waals surface area (Å²) in [4.78, 5) is 29.6. The molecule has 0 unspecified atom stereocenters. The molecule has 2 atom stereocenters. The number of piperazine rings is 1. The molecule has 0 aromatic carbocycles. The van der Waals surface area contributed by atoms with Crippen LogP contribution >= 0.6 is 0 Å². The molecule has 13 heteroatoms. The first-order chi connectivity index (χ1) is 23.4. The molecule has 2 bridgehead atoms. The number of nitrogens with zero attached hydrogens (tertiary/aromatic N) is 9. The zero-order valence-corrected chi connectivity index (χ0v) is 28.3. The summed E-state index contributed by atoms with van der Waals surface area (Å²) in [6.45, 7) is 10.0. The van der Waals surface area contributed by atoms with E-state index in [1.54, 1.807) is 19.5 Å². The molecule has 8 heterocycles. The average Bonchev–Trinajstić information content (AvgIpc) is 3.84. The fraction of sp³-hybridized carbons (Fsp3) is 0.514. The molecule has 0 amide bonds. The van der Waals surface area contributed by atoms with Gasteiger partial charge in [-0.2, -0.15) is 0 Å². The van der Waals surface area contributed by atoms with E-state index in [9.17, 15) is 0 Å². The fourth-order valence-electron chi connectivity index (χ4n) is 7.98. The second kappa shape index (κ2) is 12.6. The maximum atomic E-state index is 8.24. The van der Waals surface area contributed by atoms with Crippen molar-refractivity contribution in [2.45, 2.75) is 44.4 Å². The van der Waals surface area contributed by atoms with Crippen LogP contribution in [0.3, 0.4) is 0 Å². The highest BCUT2D eigenvalue weighted by Crippen LogP contribution is 2.39. The minimum Gasteiger partial charge on any atom is -0.496 e. The minimum atomic E-state index is 0.227. The van der Waals surface area contributed by atoms with Gasteiger partial charge in [-0.25, -0.2) is 9.97 Å². The summed E-state index contributed by atoms with van der Waals surface area (Å²) in [6.07, 6.45) is 8.34. The first-order valence-corrected chi connectivity index (χ1v) is 17.1. The number of aromatic nitrogens is 5. The quantitative estimate of drug-likeness (QED) is 0.271. The number of rotatable bonds is 8. The molecule has 4 aromatic heterocycles. The molecular weight excluding hydrogens is 606 g/mol. The molecule has 0 aliphatic carbocycles. The highest BCUT2D eigenvalue weighted by molar-refractivity contribution is 5.94. The SMILES string of the molecule is COc1ccncc1-c1cc(Nc2cc3c(nc(N4CCC(N5CCN(C)CC5)CC4)n3C)c(N3C[C@H]4C[C@@H]3CO4)n2)c(C=N)c(C)n1. The molecule has 0 radical (unpaired) electrons. The maximum absolute atomic E-state index is 8.24. The Kier molecular flexibility index (Phi) is 8.13. The first kappa shape index (κ1) is 31.0. The van der Waals surface area contributed by atoms with Crippen molar-refractivity contribution >= 4 is 40.5 Å². The second-order valence-electron chi connectivity index (χ2n) is 13.6. The van der Waals surface area contributed by atoms with Gasteiger partial charge in [-0.1, -0.05) is 0 Å². The van der Waals surface area contributed by atoms with Crippen LogP contribution in [0, 0.1) is 12.3 Å². The molecule has 4 aliphatic heterocycles. The maximum Gasteiger partial charge on any atom is 0.206 e. The number of morpholine rings is 1. The van der Waals surface area contributed by atoms with E-state index in [0.29, 0.717) is 35.5 Å². The number of nitrogens with one attached hydrogen (secondary N) is 2. The van der Waals surface area contributed by atoms with Gasteiger partial charge in [0, 0.05) is 94.8 Å². The van der Waals surface area contributed by atoms with E-state index in [-0.39, 0.29) is 12.1 Å². The standard InChI is InChI=1S/C35H45N11O2/c1-22-26(18-36)28(16-29(38-22)27-19-37-8-5-31(27)47-4)39-32-17-30-33(34(40-32)46-20-25-15-24(46)21-48-25)41-35(43(30)3)45-9-6-23(7-10-45)44-13-11-42(2)12-14-44/h5,8,16-19,23-25,36H,6-7,9-15,20-21H2,1-4H3,(H,38,39,40)/t24-,25-/m1/s1.